The van der Waals surface area contributed by atoms with Crippen molar-refractivity contribution in [3.63, 3.8) is 0 Å². The number of likely N-dealkylation sites (tertiary alicyclic amines) is 1. The number of methoxy groups -OCH3 is 1. The molecule has 2 rings (SSSR count). The lowest BCUT2D eigenvalue weighted by Gasteiger charge is -2.34. The van der Waals surface area contributed by atoms with Crippen molar-refractivity contribution in [2.24, 2.45) is 4.99 Å². The molecule has 1 aromatic carbocycles. The summed E-state index contributed by atoms with van der Waals surface area (Å²) in [6.45, 7) is 3.57. The highest BCUT2D eigenvalue weighted by atomic mass is 19.1. The number of ether oxygens (including phenoxy) is 2. The van der Waals surface area contributed by atoms with Crippen molar-refractivity contribution < 1.29 is 18.3 Å². The van der Waals surface area contributed by atoms with Gasteiger partial charge in [-0.3, -0.25) is 4.99 Å². The van der Waals surface area contributed by atoms with E-state index in [9.17, 15) is 8.78 Å². The van der Waals surface area contributed by atoms with E-state index in [-0.39, 0.29) is 18.1 Å². The molecule has 1 N–H and O–H groups in total. The van der Waals surface area contributed by atoms with Crippen molar-refractivity contribution in [1.29, 1.82) is 0 Å². The van der Waals surface area contributed by atoms with Crippen molar-refractivity contribution in [2.75, 3.05) is 47.0 Å². The molecule has 1 aliphatic rings. The predicted molar refractivity (Wildman–Crippen MR) is 98.5 cm³/mol. The molecular weight excluding hydrogens is 340 g/mol. The zero-order valence-electron chi connectivity index (χ0n) is 15.6. The molecule has 7 heteroatoms. The Kier molecular flexibility index (Phi) is 8.77. The van der Waals surface area contributed by atoms with E-state index in [4.69, 9.17) is 9.47 Å². The van der Waals surface area contributed by atoms with Gasteiger partial charge in [0.1, 0.15) is 11.6 Å². The molecule has 0 spiro atoms. The van der Waals surface area contributed by atoms with Gasteiger partial charge in [-0.15, -0.1) is 0 Å². The first-order valence-corrected chi connectivity index (χ1v) is 9.14. The number of hydrogen-bond donors (Lipinski definition) is 1. The van der Waals surface area contributed by atoms with Crippen LogP contribution < -0.4 is 5.32 Å². The molecule has 0 saturated carbocycles. The Hall–Kier alpha value is -1.73. The predicted octanol–water partition coefficient (Wildman–Crippen LogP) is 2.60. The fourth-order valence-corrected chi connectivity index (χ4v) is 3.09. The van der Waals surface area contributed by atoms with Crippen LogP contribution in [0.15, 0.2) is 23.2 Å². The lowest BCUT2D eigenvalue weighted by molar-refractivity contribution is 0.00991. The quantitative estimate of drug-likeness (QED) is 0.435. The minimum Gasteiger partial charge on any atom is -0.385 e. The van der Waals surface area contributed by atoms with E-state index in [1.165, 1.54) is 18.2 Å². The fraction of sp³-hybridized carbons (Fsp3) is 0.632. The minimum absolute atomic E-state index is 0.110. The van der Waals surface area contributed by atoms with E-state index in [0.29, 0.717) is 6.54 Å². The van der Waals surface area contributed by atoms with Crippen molar-refractivity contribution >= 4 is 5.96 Å². The zero-order chi connectivity index (χ0) is 18.8. The van der Waals surface area contributed by atoms with Crippen LogP contribution in [0.4, 0.5) is 8.78 Å². The number of hydrogen-bond acceptors (Lipinski definition) is 3. The zero-order valence-corrected chi connectivity index (χ0v) is 15.6. The van der Waals surface area contributed by atoms with Crippen molar-refractivity contribution in [3.8, 4) is 0 Å². The number of piperidine rings is 1. The minimum atomic E-state index is -0.506. The fourth-order valence-electron chi connectivity index (χ4n) is 3.09. The summed E-state index contributed by atoms with van der Waals surface area (Å²) in [6.07, 6.45) is 3.34. The maximum Gasteiger partial charge on any atom is 0.193 e. The van der Waals surface area contributed by atoms with Gasteiger partial charge in [0.25, 0.3) is 0 Å². The Morgan fingerprint density at radius 3 is 2.54 bits per heavy atom. The van der Waals surface area contributed by atoms with Gasteiger partial charge >= 0.3 is 0 Å². The molecule has 0 atom stereocenters. The van der Waals surface area contributed by atoms with Crippen LogP contribution in [-0.2, 0) is 15.9 Å². The van der Waals surface area contributed by atoms with Crippen LogP contribution in [0.25, 0.3) is 0 Å². The highest BCUT2D eigenvalue weighted by molar-refractivity contribution is 5.79. The van der Waals surface area contributed by atoms with Crippen LogP contribution >= 0.6 is 0 Å². The van der Waals surface area contributed by atoms with Crippen molar-refractivity contribution in [3.05, 3.63) is 35.4 Å². The Balaban J connectivity index is 1.73. The first-order valence-electron chi connectivity index (χ1n) is 9.14. The largest absolute Gasteiger partial charge is 0.385 e. The van der Waals surface area contributed by atoms with Gasteiger partial charge in [0.15, 0.2) is 5.96 Å². The molecule has 0 aliphatic carbocycles. The van der Waals surface area contributed by atoms with E-state index < -0.39 is 11.6 Å². The lowest BCUT2D eigenvalue weighted by Crippen LogP contribution is -2.47. The second-order valence-corrected chi connectivity index (χ2v) is 6.33. The Labute approximate surface area is 154 Å². The Morgan fingerprint density at radius 2 is 1.92 bits per heavy atom. The Morgan fingerprint density at radius 1 is 1.23 bits per heavy atom. The third kappa shape index (κ3) is 6.21. The van der Waals surface area contributed by atoms with Crippen LogP contribution in [0.2, 0.25) is 0 Å². The number of aliphatic imine (C=N–C) groups is 1. The summed E-state index contributed by atoms with van der Waals surface area (Å²) < 4.78 is 38.2. The number of nitrogens with zero attached hydrogens (tertiary/aromatic N) is 2. The van der Waals surface area contributed by atoms with E-state index in [1.807, 2.05) is 0 Å². The van der Waals surface area contributed by atoms with Gasteiger partial charge in [-0.1, -0.05) is 6.07 Å². The normalized spacial score (nSPS) is 16.2. The van der Waals surface area contributed by atoms with Gasteiger partial charge in [-0.05, 0) is 37.8 Å². The molecule has 5 nitrogen and oxygen atoms in total. The maximum atomic E-state index is 13.7. The average molecular weight is 369 g/mol. The number of halogens is 2. The molecule has 1 aromatic rings. The summed E-state index contributed by atoms with van der Waals surface area (Å²) in [7, 11) is 3.41. The molecule has 0 amide bonds. The smallest absolute Gasteiger partial charge is 0.193 e. The number of benzene rings is 1. The van der Waals surface area contributed by atoms with Crippen LogP contribution in [0.5, 0.6) is 0 Å². The maximum absolute atomic E-state index is 13.7. The summed E-state index contributed by atoms with van der Waals surface area (Å²) in [5, 5.41) is 3.20. The van der Waals surface area contributed by atoms with Crippen LogP contribution in [0.1, 0.15) is 24.8 Å². The molecule has 0 bridgehead atoms. The number of guanidine groups is 1. The van der Waals surface area contributed by atoms with Crippen molar-refractivity contribution in [2.45, 2.75) is 31.8 Å². The molecule has 1 saturated heterocycles. The molecule has 1 heterocycles. The first-order chi connectivity index (χ1) is 12.7. The van der Waals surface area contributed by atoms with Crippen LogP contribution in [0, 0.1) is 11.6 Å². The van der Waals surface area contributed by atoms with E-state index in [2.05, 4.69) is 15.2 Å². The number of nitrogens with one attached hydrogen (secondary N) is 1. The highest BCUT2D eigenvalue weighted by Crippen LogP contribution is 2.15. The summed E-state index contributed by atoms with van der Waals surface area (Å²) in [5.41, 5.74) is 0.110. The van der Waals surface area contributed by atoms with E-state index in [0.717, 1.165) is 51.5 Å². The van der Waals surface area contributed by atoms with Crippen LogP contribution in [-0.4, -0.2) is 64.0 Å². The van der Waals surface area contributed by atoms with Gasteiger partial charge < -0.3 is 19.7 Å². The van der Waals surface area contributed by atoms with Gasteiger partial charge in [0, 0.05) is 52.6 Å². The van der Waals surface area contributed by atoms with Gasteiger partial charge in [-0.2, -0.15) is 0 Å². The second-order valence-electron chi connectivity index (χ2n) is 6.33. The van der Waals surface area contributed by atoms with Gasteiger partial charge in [-0.25, -0.2) is 8.78 Å². The topological polar surface area (TPSA) is 46.1 Å². The van der Waals surface area contributed by atoms with E-state index in [1.54, 1.807) is 14.2 Å². The summed E-state index contributed by atoms with van der Waals surface area (Å²) in [6, 6.07) is 3.94. The monoisotopic (exact) mass is 369 g/mol. The molecule has 0 unspecified atom stereocenters. The van der Waals surface area contributed by atoms with Gasteiger partial charge in [0.05, 0.1) is 6.10 Å². The summed E-state index contributed by atoms with van der Waals surface area (Å²) in [5.74, 6) is -0.249. The molecule has 1 aliphatic heterocycles. The third-order valence-corrected chi connectivity index (χ3v) is 4.52. The van der Waals surface area contributed by atoms with Crippen molar-refractivity contribution in [1.82, 2.24) is 10.2 Å². The van der Waals surface area contributed by atoms with E-state index >= 15 is 0 Å². The Bertz CT molecular complexity index is 556. The standard InChI is InChI=1S/C19H29F2N3O2/c1-22-19(23-10-7-16-17(20)5-3-6-18(16)21)24-11-8-15(9-12-24)26-14-4-13-25-2/h3,5-6,15H,4,7-14H2,1-2H3,(H,22,23). The molecule has 146 valence electrons. The van der Waals surface area contributed by atoms with Crippen LogP contribution in [0.3, 0.4) is 0 Å². The molecule has 0 aromatic heterocycles. The lowest BCUT2D eigenvalue weighted by atomic mass is 10.1. The third-order valence-electron chi connectivity index (χ3n) is 4.52. The van der Waals surface area contributed by atoms with Gasteiger partial charge in [0.2, 0.25) is 0 Å². The average Bonchev–Trinajstić information content (AvgIpc) is 2.65. The molecule has 1 fully saturated rings. The first kappa shape index (κ1) is 20.6. The molecule has 26 heavy (non-hydrogen) atoms. The summed E-state index contributed by atoms with van der Waals surface area (Å²) in [4.78, 5) is 6.45. The molecule has 0 radical (unpaired) electrons. The second kappa shape index (κ2) is 11.1. The highest BCUT2D eigenvalue weighted by Gasteiger charge is 2.21. The SMILES string of the molecule is CN=C(NCCc1c(F)cccc1F)N1CCC(OCCCOC)CC1. The summed E-state index contributed by atoms with van der Waals surface area (Å²) >= 11 is 0. The molecular formula is C19H29F2N3O2. The number of rotatable bonds is 8.